The topological polar surface area (TPSA) is 84.9 Å². The van der Waals surface area contributed by atoms with Gasteiger partial charge in [-0.15, -0.1) is 0 Å². The molecular formula is C30H33FN4O4. The molecule has 3 aromatic rings. The van der Waals surface area contributed by atoms with E-state index in [1.165, 1.54) is 0 Å². The zero-order valence-electron chi connectivity index (χ0n) is 22.1. The third-order valence-electron chi connectivity index (χ3n) is 7.45. The molecule has 8 nitrogen and oxygen atoms in total. The van der Waals surface area contributed by atoms with Gasteiger partial charge in [-0.2, -0.15) is 0 Å². The Bertz CT molecular complexity index is 1280. The number of aryl methyl sites for hydroxylation is 1. The van der Waals surface area contributed by atoms with E-state index in [2.05, 4.69) is 9.97 Å². The van der Waals surface area contributed by atoms with Gasteiger partial charge in [0.25, 0.3) is 11.8 Å². The predicted molar refractivity (Wildman–Crippen MR) is 143 cm³/mol. The molecule has 39 heavy (non-hydrogen) atoms. The summed E-state index contributed by atoms with van der Waals surface area (Å²) in [5, 5.41) is 0. The van der Waals surface area contributed by atoms with Crippen LogP contribution in [0.25, 0.3) is 0 Å². The monoisotopic (exact) mass is 532 g/mol. The van der Waals surface area contributed by atoms with Crippen molar-refractivity contribution < 1.29 is 23.5 Å². The molecule has 204 valence electrons. The van der Waals surface area contributed by atoms with Crippen LogP contribution in [0, 0.1) is 6.92 Å². The fourth-order valence-electron chi connectivity index (χ4n) is 5.28. The zero-order valence-corrected chi connectivity index (χ0v) is 22.1. The van der Waals surface area contributed by atoms with Crippen LogP contribution in [0.3, 0.4) is 0 Å². The van der Waals surface area contributed by atoms with E-state index in [0.29, 0.717) is 68.1 Å². The molecule has 2 aliphatic heterocycles. The lowest BCUT2D eigenvalue weighted by atomic mass is 9.89. The summed E-state index contributed by atoms with van der Waals surface area (Å²) in [5.41, 5.74) is 0.622. The van der Waals surface area contributed by atoms with Crippen LogP contribution in [0.2, 0.25) is 0 Å². The molecule has 0 radical (unpaired) electrons. The molecule has 9 heteroatoms. The van der Waals surface area contributed by atoms with E-state index in [4.69, 9.17) is 9.47 Å². The number of hydrogen-bond donors (Lipinski definition) is 0. The molecular weight excluding hydrogens is 499 g/mol. The van der Waals surface area contributed by atoms with Gasteiger partial charge in [-0.3, -0.25) is 14.6 Å². The summed E-state index contributed by atoms with van der Waals surface area (Å²) >= 11 is 0. The Labute approximate surface area is 227 Å². The summed E-state index contributed by atoms with van der Waals surface area (Å²) < 4.78 is 25.6. The Kier molecular flexibility index (Phi) is 8.05. The van der Waals surface area contributed by atoms with Crippen molar-refractivity contribution in [3.63, 3.8) is 0 Å². The maximum Gasteiger partial charge on any atom is 0.268 e. The lowest BCUT2D eigenvalue weighted by Crippen LogP contribution is -2.63. The van der Waals surface area contributed by atoms with Gasteiger partial charge in [-0.25, -0.2) is 9.37 Å². The first-order valence-electron chi connectivity index (χ1n) is 13.4. The molecule has 0 N–H and O–H groups in total. The molecule has 1 unspecified atom stereocenters. The maximum absolute atomic E-state index is 14.2. The summed E-state index contributed by atoms with van der Waals surface area (Å²) in [6, 6.07) is 14.0. The van der Waals surface area contributed by atoms with Gasteiger partial charge >= 0.3 is 0 Å². The van der Waals surface area contributed by atoms with Gasteiger partial charge in [0.05, 0.1) is 12.1 Å². The Balaban J connectivity index is 1.35. The normalized spacial score (nSPS) is 19.9. The van der Waals surface area contributed by atoms with Crippen molar-refractivity contribution in [3.05, 3.63) is 83.8 Å². The van der Waals surface area contributed by atoms with Gasteiger partial charge in [-0.1, -0.05) is 18.2 Å². The molecule has 1 atom stereocenters. The fraction of sp³-hybridized carbons (Fsp3) is 0.400. The van der Waals surface area contributed by atoms with Crippen LogP contribution >= 0.6 is 0 Å². The molecule has 2 amide bonds. The van der Waals surface area contributed by atoms with E-state index < -0.39 is 12.3 Å². The van der Waals surface area contributed by atoms with Gasteiger partial charge in [0.15, 0.2) is 0 Å². The Morgan fingerprint density at radius 3 is 2.51 bits per heavy atom. The minimum absolute atomic E-state index is 0.0351. The first kappa shape index (κ1) is 26.6. The van der Waals surface area contributed by atoms with Crippen LogP contribution in [0.1, 0.15) is 47.2 Å². The van der Waals surface area contributed by atoms with Crippen molar-refractivity contribution in [2.24, 2.45) is 0 Å². The Morgan fingerprint density at radius 2 is 1.82 bits per heavy atom. The Morgan fingerprint density at radius 1 is 1.03 bits per heavy atom. The summed E-state index contributed by atoms with van der Waals surface area (Å²) in [6.45, 7) is 2.96. The second-order valence-corrected chi connectivity index (χ2v) is 10.2. The number of ether oxygens (including phenoxy) is 2. The number of benzene rings is 1. The number of carbonyl (C=O) groups is 2. The third-order valence-corrected chi connectivity index (χ3v) is 7.45. The zero-order chi connectivity index (χ0) is 27.2. The van der Waals surface area contributed by atoms with Crippen molar-refractivity contribution in [1.82, 2.24) is 19.8 Å². The average Bonchev–Trinajstić information content (AvgIpc) is 2.98. The van der Waals surface area contributed by atoms with Crippen LogP contribution in [0.15, 0.2) is 67.1 Å². The van der Waals surface area contributed by atoms with E-state index in [0.717, 1.165) is 5.56 Å². The predicted octanol–water partition coefficient (Wildman–Crippen LogP) is 4.38. The number of nitrogens with zero attached hydrogens (tertiary/aromatic N) is 4. The SMILES string of the molecule is Cc1ccncc1C(=O)N1CCCC(Oc2ccc(CF)cc2)(C(=O)N2CCC(Oc3ccccn3)CC2)C1. The van der Waals surface area contributed by atoms with Crippen LogP contribution in [-0.4, -0.2) is 69.5 Å². The number of aromatic nitrogens is 2. The summed E-state index contributed by atoms with van der Waals surface area (Å²) in [6.07, 6.45) is 7.29. The number of hydrogen-bond acceptors (Lipinski definition) is 6. The summed E-state index contributed by atoms with van der Waals surface area (Å²) in [5.74, 6) is 0.733. The highest BCUT2D eigenvalue weighted by atomic mass is 19.1. The lowest BCUT2D eigenvalue weighted by molar-refractivity contribution is -0.154. The van der Waals surface area contributed by atoms with Gasteiger partial charge in [-0.05, 0) is 55.2 Å². The number of pyridine rings is 2. The number of piperidine rings is 2. The lowest BCUT2D eigenvalue weighted by Gasteiger charge is -2.45. The molecule has 0 spiro atoms. The van der Waals surface area contributed by atoms with Crippen molar-refractivity contribution in [2.75, 3.05) is 26.2 Å². The van der Waals surface area contributed by atoms with Crippen molar-refractivity contribution in [1.29, 1.82) is 0 Å². The highest BCUT2D eigenvalue weighted by Gasteiger charge is 2.48. The van der Waals surface area contributed by atoms with Gasteiger partial charge < -0.3 is 19.3 Å². The third kappa shape index (κ3) is 6.02. The fourth-order valence-corrected chi connectivity index (χ4v) is 5.28. The van der Waals surface area contributed by atoms with Crippen LogP contribution in [0.5, 0.6) is 11.6 Å². The molecule has 1 aromatic carbocycles. The summed E-state index contributed by atoms with van der Waals surface area (Å²) in [4.78, 5) is 39.6. The van der Waals surface area contributed by atoms with E-state index in [9.17, 15) is 14.0 Å². The van der Waals surface area contributed by atoms with E-state index in [1.807, 2.05) is 30.0 Å². The van der Waals surface area contributed by atoms with Gasteiger partial charge in [0.1, 0.15) is 18.5 Å². The quantitative estimate of drug-likeness (QED) is 0.449. The van der Waals surface area contributed by atoms with Crippen molar-refractivity contribution >= 4 is 11.8 Å². The molecule has 0 saturated carbocycles. The molecule has 2 fully saturated rings. The molecule has 5 rings (SSSR count). The highest BCUT2D eigenvalue weighted by Crippen LogP contribution is 2.32. The molecule has 2 aliphatic rings. The molecule has 4 heterocycles. The minimum Gasteiger partial charge on any atom is -0.476 e. The maximum atomic E-state index is 14.2. The largest absolute Gasteiger partial charge is 0.476 e. The van der Waals surface area contributed by atoms with E-state index >= 15 is 0 Å². The Hall–Kier alpha value is -4.01. The molecule has 0 bridgehead atoms. The minimum atomic E-state index is -1.25. The van der Waals surface area contributed by atoms with Crippen LogP contribution in [0.4, 0.5) is 4.39 Å². The second-order valence-electron chi connectivity index (χ2n) is 10.2. The summed E-state index contributed by atoms with van der Waals surface area (Å²) in [7, 11) is 0. The number of rotatable bonds is 7. The highest BCUT2D eigenvalue weighted by molar-refractivity contribution is 5.96. The number of carbonyl (C=O) groups excluding carboxylic acids is 2. The van der Waals surface area contributed by atoms with Crippen LogP contribution < -0.4 is 9.47 Å². The number of alkyl halides is 1. The number of halogens is 1. The standard InChI is InChI=1S/C30H33FN4O4/c1-22-10-15-32-20-26(22)28(36)35-16-4-13-30(21-35,39-25-8-6-23(19-31)7-9-25)29(37)34-17-11-24(12-18-34)38-27-5-2-3-14-33-27/h2-3,5-10,14-15,20,24H,4,11-13,16-19,21H2,1H3. The number of amides is 2. The van der Waals surface area contributed by atoms with Crippen molar-refractivity contribution in [3.8, 4) is 11.6 Å². The first-order chi connectivity index (χ1) is 19.0. The molecule has 0 aliphatic carbocycles. The van der Waals surface area contributed by atoms with E-state index in [-0.39, 0.29) is 24.5 Å². The first-order valence-corrected chi connectivity index (χ1v) is 13.4. The second kappa shape index (κ2) is 11.8. The average molecular weight is 533 g/mol. The van der Waals surface area contributed by atoms with Crippen molar-refractivity contribution in [2.45, 2.75) is 51.0 Å². The van der Waals surface area contributed by atoms with Crippen LogP contribution in [-0.2, 0) is 11.5 Å². The van der Waals surface area contributed by atoms with E-state index in [1.54, 1.807) is 53.8 Å². The van der Waals surface area contributed by atoms with Gasteiger partial charge in [0.2, 0.25) is 11.5 Å². The number of likely N-dealkylation sites (tertiary alicyclic amines) is 2. The van der Waals surface area contributed by atoms with Gasteiger partial charge in [0, 0.05) is 57.1 Å². The molecule has 2 saturated heterocycles. The smallest absolute Gasteiger partial charge is 0.268 e. The molecule has 2 aromatic heterocycles.